The first-order valence-corrected chi connectivity index (χ1v) is 9.01. The van der Waals surface area contributed by atoms with Crippen LogP contribution in [-0.2, 0) is 0 Å². The summed E-state index contributed by atoms with van der Waals surface area (Å²) in [5.41, 5.74) is 6.15. The molecule has 0 spiro atoms. The number of hydrogen-bond donors (Lipinski definition) is 2. The zero-order valence-corrected chi connectivity index (χ0v) is 15.2. The minimum absolute atomic E-state index is 0.583. The Kier molecular flexibility index (Phi) is 4.56. The molecule has 2 heterocycles. The number of benzene rings is 1. The van der Waals surface area contributed by atoms with E-state index in [1.807, 2.05) is 24.3 Å². The highest BCUT2D eigenvalue weighted by atomic mass is 16.5. The lowest BCUT2D eigenvalue weighted by molar-refractivity contribution is 0.415. The van der Waals surface area contributed by atoms with Gasteiger partial charge in [0.1, 0.15) is 12.1 Å². The molecule has 0 fully saturated rings. The summed E-state index contributed by atoms with van der Waals surface area (Å²) >= 11 is 0. The Morgan fingerprint density at radius 1 is 1.08 bits per heavy atom. The Morgan fingerprint density at radius 3 is 2.69 bits per heavy atom. The van der Waals surface area contributed by atoms with E-state index in [4.69, 9.17) is 4.74 Å². The molecule has 26 heavy (non-hydrogen) atoms. The maximum Gasteiger partial charge on any atom is 0.230 e. The SMILES string of the molecule is COc1ccc(-c2ncnc(NC3=C(C)CNC4=C3CCCC4)n2)cc1. The van der Waals surface area contributed by atoms with Gasteiger partial charge in [-0.1, -0.05) is 0 Å². The van der Waals surface area contributed by atoms with Crippen molar-refractivity contribution in [3.05, 3.63) is 53.1 Å². The normalized spacial score (nSPS) is 16.8. The smallest absolute Gasteiger partial charge is 0.230 e. The van der Waals surface area contributed by atoms with Gasteiger partial charge in [-0.25, -0.2) is 9.97 Å². The fourth-order valence-corrected chi connectivity index (χ4v) is 3.49. The number of aromatic nitrogens is 3. The van der Waals surface area contributed by atoms with Gasteiger partial charge < -0.3 is 15.4 Å². The molecule has 1 aromatic carbocycles. The predicted octanol–water partition coefficient (Wildman–Crippen LogP) is 3.66. The maximum atomic E-state index is 5.21. The molecule has 134 valence electrons. The van der Waals surface area contributed by atoms with Crippen molar-refractivity contribution in [2.45, 2.75) is 32.6 Å². The highest BCUT2D eigenvalue weighted by molar-refractivity contribution is 5.58. The summed E-state index contributed by atoms with van der Waals surface area (Å²) in [6.45, 7) is 3.02. The van der Waals surface area contributed by atoms with Crippen molar-refractivity contribution in [2.24, 2.45) is 0 Å². The molecule has 0 saturated carbocycles. The summed E-state index contributed by atoms with van der Waals surface area (Å²) in [6.07, 6.45) is 6.27. The molecular weight excluding hydrogens is 326 g/mol. The molecule has 1 aliphatic carbocycles. The van der Waals surface area contributed by atoms with Crippen LogP contribution in [-0.4, -0.2) is 28.6 Å². The Hall–Kier alpha value is -2.89. The minimum Gasteiger partial charge on any atom is -0.497 e. The van der Waals surface area contributed by atoms with Gasteiger partial charge in [0, 0.05) is 23.5 Å². The number of dihydropyridines is 1. The van der Waals surface area contributed by atoms with Gasteiger partial charge in [0.15, 0.2) is 5.82 Å². The maximum absolute atomic E-state index is 5.21. The summed E-state index contributed by atoms with van der Waals surface area (Å²) in [6, 6.07) is 7.72. The van der Waals surface area contributed by atoms with Crippen molar-refractivity contribution in [1.29, 1.82) is 0 Å². The lowest BCUT2D eigenvalue weighted by Crippen LogP contribution is -2.28. The fraction of sp³-hybridized carbons (Fsp3) is 0.350. The van der Waals surface area contributed by atoms with Crippen LogP contribution in [0.5, 0.6) is 5.75 Å². The van der Waals surface area contributed by atoms with E-state index in [0.717, 1.165) is 30.7 Å². The van der Waals surface area contributed by atoms with E-state index in [-0.39, 0.29) is 0 Å². The summed E-state index contributed by atoms with van der Waals surface area (Å²) < 4.78 is 5.21. The Morgan fingerprint density at radius 2 is 1.88 bits per heavy atom. The van der Waals surface area contributed by atoms with Crippen LogP contribution < -0.4 is 15.4 Å². The molecule has 0 bridgehead atoms. The van der Waals surface area contributed by atoms with Crippen LogP contribution in [0, 0.1) is 0 Å². The average molecular weight is 349 g/mol. The van der Waals surface area contributed by atoms with E-state index in [0.29, 0.717) is 11.8 Å². The number of rotatable bonds is 4. The number of ether oxygens (including phenoxy) is 1. The average Bonchev–Trinajstić information content (AvgIpc) is 2.70. The van der Waals surface area contributed by atoms with Crippen LogP contribution in [0.25, 0.3) is 11.4 Å². The highest BCUT2D eigenvalue weighted by Crippen LogP contribution is 2.33. The zero-order valence-electron chi connectivity index (χ0n) is 15.2. The molecule has 6 heteroatoms. The second-order valence-corrected chi connectivity index (χ2v) is 6.66. The van der Waals surface area contributed by atoms with E-state index in [9.17, 15) is 0 Å². The van der Waals surface area contributed by atoms with Crippen LogP contribution in [0.15, 0.2) is 53.1 Å². The summed E-state index contributed by atoms with van der Waals surface area (Å²) in [7, 11) is 1.66. The minimum atomic E-state index is 0.583. The molecule has 0 atom stereocenters. The van der Waals surface area contributed by atoms with Gasteiger partial charge in [0.25, 0.3) is 0 Å². The third kappa shape index (κ3) is 3.27. The van der Waals surface area contributed by atoms with Gasteiger partial charge in [-0.2, -0.15) is 4.98 Å². The molecule has 4 rings (SSSR count). The summed E-state index contributed by atoms with van der Waals surface area (Å²) in [5, 5.41) is 7.01. The molecule has 1 aromatic heterocycles. The van der Waals surface area contributed by atoms with E-state index >= 15 is 0 Å². The van der Waals surface area contributed by atoms with Gasteiger partial charge in [-0.3, -0.25) is 0 Å². The first-order valence-electron chi connectivity index (χ1n) is 9.01. The van der Waals surface area contributed by atoms with E-state index < -0.39 is 0 Å². The molecule has 0 saturated heterocycles. The van der Waals surface area contributed by atoms with Gasteiger partial charge in [-0.05, 0) is 68.0 Å². The van der Waals surface area contributed by atoms with Crippen LogP contribution in [0.2, 0.25) is 0 Å². The van der Waals surface area contributed by atoms with Crippen molar-refractivity contribution in [3.8, 4) is 17.1 Å². The van der Waals surface area contributed by atoms with Crippen LogP contribution in [0.1, 0.15) is 32.6 Å². The Labute approximate surface area is 153 Å². The summed E-state index contributed by atoms with van der Waals surface area (Å²) in [4.78, 5) is 13.3. The molecular formula is C20H23N5O. The number of anilines is 1. The topological polar surface area (TPSA) is 72.0 Å². The van der Waals surface area contributed by atoms with Gasteiger partial charge in [-0.15, -0.1) is 0 Å². The van der Waals surface area contributed by atoms with Crippen molar-refractivity contribution < 1.29 is 4.74 Å². The van der Waals surface area contributed by atoms with Crippen molar-refractivity contribution in [2.75, 3.05) is 19.0 Å². The van der Waals surface area contributed by atoms with Crippen LogP contribution >= 0.6 is 0 Å². The first-order chi connectivity index (χ1) is 12.7. The second kappa shape index (κ2) is 7.15. The molecule has 0 amide bonds. The molecule has 0 radical (unpaired) electrons. The molecule has 2 aromatic rings. The monoisotopic (exact) mass is 349 g/mol. The quantitative estimate of drug-likeness (QED) is 0.878. The summed E-state index contributed by atoms with van der Waals surface area (Å²) in [5.74, 6) is 2.04. The van der Waals surface area contributed by atoms with Gasteiger partial charge in [0.2, 0.25) is 5.95 Å². The molecule has 2 aliphatic rings. The number of hydrogen-bond acceptors (Lipinski definition) is 6. The van der Waals surface area contributed by atoms with Crippen molar-refractivity contribution >= 4 is 5.95 Å². The number of nitrogens with zero attached hydrogens (tertiary/aromatic N) is 3. The second-order valence-electron chi connectivity index (χ2n) is 6.66. The molecule has 2 N–H and O–H groups in total. The van der Waals surface area contributed by atoms with Crippen molar-refractivity contribution in [1.82, 2.24) is 20.3 Å². The lowest BCUT2D eigenvalue weighted by Gasteiger charge is -2.30. The van der Waals surface area contributed by atoms with Crippen LogP contribution in [0.3, 0.4) is 0 Å². The van der Waals surface area contributed by atoms with E-state index in [1.54, 1.807) is 13.4 Å². The zero-order chi connectivity index (χ0) is 17.9. The number of nitrogens with one attached hydrogen (secondary N) is 2. The van der Waals surface area contributed by atoms with Crippen LogP contribution in [0.4, 0.5) is 5.95 Å². The first kappa shape index (κ1) is 16.6. The van der Waals surface area contributed by atoms with E-state index in [1.165, 1.54) is 35.4 Å². The predicted molar refractivity (Wildman–Crippen MR) is 102 cm³/mol. The third-order valence-electron chi connectivity index (χ3n) is 4.92. The molecule has 6 nitrogen and oxygen atoms in total. The Balaban J connectivity index is 1.61. The molecule has 0 unspecified atom stereocenters. The molecule has 1 aliphatic heterocycles. The number of allylic oxidation sites excluding steroid dienone is 2. The standard InChI is InChI=1S/C20H23N5O/c1-13-11-21-17-6-4-3-5-16(17)18(13)24-20-23-12-22-19(25-20)14-7-9-15(26-2)10-8-14/h7-10,12,21H,3-6,11H2,1-2H3,(H,22,23,24,25). The highest BCUT2D eigenvalue weighted by Gasteiger charge is 2.22. The van der Waals surface area contributed by atoms with E-state index in [2.05, 4.69) is 32.5 Å². The van der Waals surface area contributed by atoms with Gasteiger partial charge in [0.05, 0.1) is 7.11 Å². The number of methoxy groups -OCH3 is 1. The van der Waals surface area contributed by atoms with Crippen molar-refractivity contribution in [3.63, 3.8) is 0 Å². The third-order valence-corrected chi connectivity index (χ3v) is 4.92. The fourth-order valence-electron chi connectivity index (χ4n) is 3.49. The Bertz CT molecular complexity index is 870. The largest absolute Gasteiger partial charge is 0.497 e. The van der Waals surface area contributed by atoms with Gasteiger partial charge >= 0.3 is 0 Å². The lowest BCUT2D eigenvalue weighted by atomic mass is 9.89.